The van der Waals surface area contributed by atoms with E-state index in [4.69, 9.17) is 4.11 Å². The number of rotatable bonds is 3. The first-order valence-corrected chi connectivity index (χ1v) is 13.3. The summed E-state index contributed by atoms with van der Waals surface area (Å²) in [4.78, 5) is 0. The minimum absolute atomic E-state index is 0.00464. The Labute approximate surface area is 252 Å². The lowest BCUT2D eigenvalue weighted by Gasteiger charge is -2.16. The average Bonchev–Trinajstić information content (AvgIpc) is 3.63. The van der Waals surface area contributed by atoms with Gasteiger partial charge >= 0.3 is 0 Å². The van der Waals surface area contributed by atoms with Crippen LogP contribution in [0.4, 0.5) is 0 Å². The van der Waals surface area contributed by atoms with Crippen LogP contribution in [0.5, 0.6) is 0 Å². The van der Waals surface area contributed by atoms with Crippen molar-refractivity contribution in [2.24, 2.45) is 0 Å². The fourth-order valence-corrected chi connectivity index (χ4v) is 5.87. The van der Waals surface area contributed by atoms with Crippen LogP contribution in [-0.4, -0.2) is 9.13 Å². The molecular formula is C38H22N4. The Morgan fingerprint density at radius 2 is 1.12 bits per heavy atom. The van der Waals surface area contributed by atoms with Crippen molar-refractivity contribution in [3.63, 3.8) is 0 Å². The second-order valence-corrected chi connectivity index (χ2v) is 9.88. The van der Waals surface area contributed by atoms with E-state index >= 15 is 0 Å². The average molecular weight is 542 g/mol. The van der Waals surface area contributed by atoms with Crippen LogP contribution in [-0.2, 0) is 0 Å². The van der Waals surface area contributed by atoms with Gasteiger partial charge in [-0.1, -0.05) is 78.8 Å². The Morgan fingerprint density at radius 3 is 1.76 bits per heavy atom. The minimum Gasteiger partial charge on any atom is -0.309 e. The molecule has 0 aliphatic heterocycles. The Kier molecular flexibility index (Phi) is 3.86. The van der Waals surface area contributed by atoms with Crippen LogP contribution in [0.1, 0.15) is 20.7 Å². The maximum absolute atomic E-state index is 10.4. The summed E-state index contributed by atoms with van der Waals surface area (Å²) in [6.45, 7) is 0. The van der Waals surface area contributed by atoms with Crippen LogP contribution in [0.25, 0.3) is 66.1 Å². The highest BCUT2D eigenvalue weighted by atomic mass is 15.0. The molecule has 0 saturated heterocycles. The van der Waals surface area contributed by atoms with Crippen LogP contribution >= 0.6 is 0 Å². The molecule has 42 heavy (non-hydrogen) atoms. The Hall–Kier alpha value is -6.10. The summed E-state index contributed by atoms with van der Waals surface area (Å²) in [5.41, 5.74) is 2.35. The zero-order chi connectivity index (χ0) is 34.3. The monoisotopic (exact) mass is 541 g/mol. The molecule has 0 amide bonds. The SMILES string of the molecule is [2H]c1c([2H])c([2H])c(-n2c3ccccc3c3ccccc32)c(-c2c([2H])c([2H])c(C#N)c(-n3c4ccccc4c4cc(C#N)ccc43)c2[2H])c1[2H]. The Balaban J connectivity index is 1.58. The van der Waals surface area contributed by atoms with Crippen molar-refractivity contribution in [2.45, 2.75) is 0 Å². The van der Waals surface area contributed by atoms with Crippen molar-refractivity contribution in [1.82, 2.24) is 9.13 Å². The van der Waals surface area contributed by atoms with Crippen molar-refractivity contribution in [2.75, 3.05) is 0 Å². The predicted molar refractivity (Wildman–Crippen MR) is 170 cm³/mol. The van der Waals surface area contributed by atoms with E-state index in [1.54, 1.807) is 39.5 Å². The molecule has 4 nitrogen and oxygen atoms in total. The lowest BCUT2D eigenvalue weighted by molar-refractivity contribution is 1.16. The summed E-state index contributed by atoms with van der Waals surface area (Å²) in [6, 6.07) is 28.3. The van der Waals surface area contributed by atoms with Gasteiger partial charge in [-0.05, 0) is 60.1 Å². The van der Waals surface area contributed by atoms with Crippen LogP contribution < -0.4 is 0 Å². The molecule has 0 atom stereocenters. The number of aromatic nitrogens is 2. The van der Waals surface area contributed by atoms with Gasteiger partial charge in [-0.3, -0.25) is 0 Å². The largest absolute Gasteiger partial charge is 0.309 e. The molecule has 194 valence electrons. The maximum Gasteiger partial charge on any atom is 0.101 e. The molecule has 4 heteroatoms. The van der Waals surface area contributed by atoms with Crippen LogP contribution in [0.15, 0.2) is 133 Å². The maximum atomic E-state index is 10.4. The minimum atomic E-state index is -0.554. The highest BCUT2D eigenvalue weighted by Gasteiger charge is 2.19. The van der Waals surface area contributed by atoms with E-state index in [-0.39, 0.29) is 40.1 Å². The van der Waals surface area contributed by atoms with E-state index in [0.29, 0.717) is 33.0 Å². The van der Waals surface area contributed by atoms with Gasteiger partial charge in [-0.15, -0.1) is 0 Å². The second kappa shape index (κ2) is 9.24. The van der Waals surface area contributed by atoms with Gasteiger partial charge in [-0.2, -0.15) is 10.5 Å². The summed E-state index contributed by atoms with van der Waals surface area (Å²) in [5.74, 6) is 0. The van der Waals surface area contributed by atoms with Gasteiger partial charge in [-0.25, -0.2) is 0 Å². The molecule has 0 spiro atoms. The van der Waals surface area contributed by atoms with Crippen molar-refractivity contribution >= 4 is 43.6 Å². The van der Waals surface area contributed by atoms with Gasteiger partial charge < -0.3 is 9.13 Å². The summed E-state index contributed by atoms with van der Waals surface area (Å²) >= 11 is 0. The van der Waals surface area contributed by atoms with E-state index in [9.17, 15) is 16.0 Å². The number of nitriles is 2. The third-order valence-corrected chi connectivity index (χ3v) is 7.65. The molecule has 0 aliphatic rings. The van der Waals surface area contributed by atoms with E-state index in [0.717, 1.165) is 16.2 Å². The van der Waals surface area contributed by atoms with Crippen molar-refractivity contribution in [1.29, 1.82) is 10.5 Å². The first-order chi connectivity index (χ1) is 23.7. The molecule has 0 radical (unpaired) electrons. The molecule has 0 fully saturated rings. The van der Waals surface area contributed by atoms with E-state index in [1.807, 2.05) is 66.7 Å². The van der Waals surface area contributed by atoms with Gasteiger partial charge in [0, 0.05) is 27.1 Å². The molecule has 0 N–H and O–H groups in total. The predicted octanol–water partition coefficient (Wildman–Crippen LogP) is 9.29. The first-order valence-electron chi connectivity index (χ1n) is 16.8. The van der Waals surface area contributed by atoms with E-state index in [1.165, 1.54) is 0 Å². The number of fused-ring (bicyclic) bond motifs is 6. The van der Waals surface area contributed by atoms with E-state index < -0.39 is 30.2 Å². The topological polar surface area (TPSA) is 57.4 Å². The number of hydrogen-bond acceptors (Lipinski definition) is 2. The summed E-state index contributed by atoms with van der Waals surface area (Å²) in [6.07, 6.45) is 0. The van der Waals surface area contributed by atoms with Gasteiger partial charge in [0.2, 0.25) is 0 Å². The van der Waals surface area contributed by atoms with Crippen molar-refractivity contribution in [3.8, 4) is 34.6 Å². The molecule has 8 aromatic rings. The first kappa shape index (κ1) is 17.6. The highest BCUT2D eigenvalue weighted by molar-refractivity contribution is 6.11. The fourth-order valence-electron chi connectivity index (χ4n) is 5.87. The standard InChI is InChI=1S/C38H22N4/c39-23-25-17-20-37-32(21-25)31-12-4-8-16-36(31)42(37)38-22-26(18-19-27(38)24-40)28-9-1-5-13-33(28)41-34-14-6-2-10-29(34)30-11-3-7-15-35(30)41/h1-22H/i1D,5D,9D,13D,18D,19D,22D. The van der Waals surface area contributed by atoms with Crippen molar-refractivity contribution in [3.05, 3.63) is 144 Å². The molecule has 0 aliphatic carbocycles. The third-order valence-electron chi connectivity index (χ3n) is 7.65. The number of nitrogens with zero attached hydrogens (tertiary/aromatic N) is 4. The molecular weight excluding hydrogens is 512 g/mol. The zero-order valence-corrected chi connectivity index (χ0v) is 21.9. The molecule has 0 unspecified atom stereocenters. The van der Waals surface area contributed by atoms with E-state index in [2.05, 4.69) is 6.07 Å². The van der Waals surface area contributed by atoms with Gasteiger partial charge in [0.25, 0.3) is 0 Å². The van der Waals surface area contributed by atoms with Crippen LogP contribution in [0.2, 0.25) is 0 Å². The van der Waals surface area contributed by atoms with Crippen LogP contribution in [0, 0.1) is 22.7 Å². The zero-order valence-electron chi connectivity index (χ0n) is 28.9. The van der Waals surface area contributed by atoms with Gasteiger partial charge in [0.05, 0.1) is 60.2 Å². The molecule has 8 rings (SSSR count). The van der Waals surface area contributed by atoms with Crippen LogP contribution in [0.3, 0.4) is 0 Å². The van der Waals surface area contributed by atoms with Gasteiger partial charge in [0.15, 0.2) is 0 Å². The number of hydrogen-bond donors (Lipinski definition) is 0. The molecule has 2 aromatic heterocycles. The van der Waals surface area contributed by atoms with Crippen molar-refractivity contribution < 1.29 is 9.60 Å². The molecule has 2 heterocycles. The summed E-state index contributed by atoms with van der Waals surface area (Å²) in [5, 5.41) is 23.2. The normalized spacial score (nSPS) is 13.6. The Bertz CT molecular complexity index is 2780. The molecule has 0 saturated carbocycles. The molecule has 6 aromatic carbocycles. The number of para-hydroxylation sites is 4. The lowest BCUT2D eigenvalue weighted by Crippen LogP contribution is -2.00. The smallest absolute Gasteiger partial charge is 0.101 e. The molecule has 0 bridgehead atoms. The number of benzene rings is 6. The highest BCUT2D eigenvalue weighted by Crippen LogP contribution is 2.38. The quantitative estimate of drug-likeness (QED) is 0.224. The Morgan fingerprint density at radius 1 is 0.548 bits per heavy atom. The third kappa shape index (κ3) is 3.40. The summed E-state index contributed by atoms with van der Waals surface area (Å²) in [7, 11) is 0. The lowest BCUT2D eigenvalue weighted by atomic mass is 10.00. The fraction of sp³-hybridized carbons (Fsp3) is 0. The summed E-state index contributed by atoms with van der Waals surface area (Å²) < 4.78 is 67.2. The second-order valence-electron chi connectivity index (χ2n) is 9.88. The van der Waals surface area contributed by atoms with Gasteiger partial charge in [0.1, 0.15) is 6.07 Å².